The number of rotatable bonds is 5. The molecule has 2 fully saturated rings. The highest BCUT2D eigenvalue weighted by molar-refractivity contribution is 4.88. The first-order chi connectivity index (χ1) is 9.60. The van der Waals surface area contributed by atoms with Crippen LogP contribution in [0.5, 0.6) is 0 Å². The Balaban J connectivity index is 1.89. The van der Waals surface area contributed by atoms with E-state index in [0.717, 1.165) is 23.9 Å². The first-order valence-electron chi connectivity index (χ1n) is 8.76. The van der Waals surface area contributed by atoms with E-state index >= 15 is 0 Å². The molecule has 20 heavy (non-hydrogen) atoms. The third-order valence-electron chi connectivity index (χ3n) is 5.34. The van der Waals surface area contributed by atoms with E-state index in [1.54, 1.807) is 0 Å². The van der Waals surface area contributed by atoms with Gasteiger partial charge in [0.25, 0.3) is 0 Å². The fourth-order valence-electron chi connectivity index (χ4n) is 4.05. The van der Waals surface area contributed by atoms with Crippen molar-refractivity contribution < 1.29 is 0 Å². The molecular weight excluding hydrogens is 246 g/mol. The fraction of sp³-hybridized carbons (Fsp3) is 1.00. The van der Waals surface area contributed by atoms with Crippen LogP contribution in [-0.2, 0) is 0 Å². The Morgan fingerprint density at radius 3 is 2.65 bits per heavy atom. The number of nitrogens with zero attached hydrogens (tertiary/aromatic N) is 2. The SMILES string of the molecule is CCCNC1CCC(C)CC1CN1CCN(C)CC1C. The van der Waals surface area contributed by atoms with Crippen LogP contribution < -0.4 is 5.32 Å². The smallest absolute Gasteiger partial charge is 0.0195 e. The van der Waals surface area contributed by atoms with Crippen LogP contribution in [0.1, 0.15) is 46.5 Å². The van der Waals surface area contributed by atoms with Gasteiger partial charge in [-0.1, -0.05) is 13.8 Å². The van der Waals surface area contributed by atoms with E-state index in [4.69, 9.17) is 0 Å². The number of nitrogens with one attached hydrogen (secondary N) is 1. The van der Waals surface area contributed by atoms with Crippen molar-refractivity contribution in [2.24, 2.45) is 11.8 Å². The van der Waals surface area contributed by atoms with Crippen LogP contribution in [0.15, 0.2) is 0 Å². The Kier molecular flexibility index (Phi) is 6.31. The predicted molar refractivity (Wildman–Crippen MR) is 87.1 cm³/mol. The van der Waals surface area contributed by atoms with Crippen LogP contribution in [0.4, 0.5) is 0 Å². The van der Waals surface area contributed by atoms with Gasteiger partial charge >= 0.3 is 0 Å². The monoisotopic (exact) mass is 281 g/mol. The van der Waals surface area contributed by atoms with E-state index in [1.165, 1.54) is 58.4 Å². The molecule has 4 atom stereocenters. The molecule has 0 amide bonds. The molecule has 0 aromatic heterocycles. The van der Waals surface area contributed by atoms with Crippen LogP contribution in [-0.4, -0.2) is 61.7 Å². The zero-order valence-corrected chi connectivity index (χ0v) is 14.1. The summed E-state index contributed by atoms with van der Waals surface area (Å²) in [6, 6.07) is 1.48. The summed E-state index contributed by atoms with van der Waals surface area (Å²) in [4.78, 5) is 5.21. The standard InChI is InChI=1S/C17H35N3/c1-5-8-18-17-7-6-14(2)11-16(17)13-20-10-9-19(4)12-15(20)3/h14-18H,5-13H2,1-4H3. The molecule has 0 radical (unpaired) electrons. The molecule has 4 unspecified atom stereocenters. The Morgan fingerprint density at radius 2 is 1.95 bits per heavy atom. The van der Waals surface area contributed by atoms with Gasteiger partial charge in [-0.2, -0.15) is 0 Å². The summed E-state index contributed by atoms with van der Waals surface area (Å²) in [5, 5.41) is 3.82. The van der Waals surface area contributed by atoms with Gasteiger partial charge in [-0.05, 0) is 58.0 Å². The molecule has 1 saturated carbocycles. The van der Waals surface area contributed by atoms with Gasteiger partial charge in [0.15, 0.2) is 0 Å². The van der Waals surface area contributed by atoms with Crippen molar-refractivity contribution in [2.45, 2.75) is 58.5 Å². The number of hydrogen-bond acceptors (Lipinski definition) is 3. The maximum atomic E-state index is 3.82. The first kappa shape index (κ1) is 16.3. The summed E-state index contributed by atoms with van der Waals surface area (Å²) in [6.45, 7) is 13.3. The zero-order valence-electron chi connectivity index (χ0n) is 14.1. The first-order valence-corrected chi connectivity index (χ1v) is 8.76. The Labute approximate surface area is 126 Å². The van der Waals surface area contributed by atoms with E-state index in [2.05, 4.69) is 42.9 Å². The molecule has 2 rings (SSSR count). The minimum absolute atomic E-state index is 0.720. The van der Waals surface area contributed by atoms with Crippen LogP contribution in [0.3, 0.4) is 0 Å². The van der Waals surface area contributed by atoms with Gasteiger partial charge in [0.1, 0.15) is 0 Å². The van der Waals surface area contributed by atoms with Crippen LogP contribution in [0, 0.1) is 11.8 Å². The van der Waals surface area contributed by atoms with Crippen molar-refractivity contribution >= 4 is 0 Å². The molecule has 1 aliphatic heterocycles. The maximum absolute atomic E-state index is 3.82. The zero-order chi connectivity index (χ0) is 14.5. The van der Waals surface area contributed by atoms with E-state index in [1.807, 2.05) is 0 Å². The molecule has 3 nitrogen and oxygen atoms in total. The second kappa shape index (κ2) is 7.77. The molecule has 1 saturated heterocycles. The third-order valence-corrected chi connectivity index (χ3v) is 5.34. The van der Waals surface area contributed by atoms with Crippen molar-refractivity contribution in [3.63, 3.8) is 0 Å². The molecule has 0 bridgehead atoms. The quantitative estimate of drug-likeness (QED) is 0.835. The topological polar surface area (TPSA) is 18.5 Å². The molecule has 118 valence electrons. The number of likely N-dealkylation sites (N-methyl/N-ethyl adjacent to an activating group) is 1. The lowest BCUT2D eigenvalue weighted by molar-refractivity contribution is 0.0630. The fourth-order valence-corrected chi connectivity index (χ4v) is 4.05. The van der Waals surface area contributed by atoms with Crippen LogP contribution in [0.25, 0.3) is 0 Å². The van der Waals surface area contributed by atoms with Gasteiger partial charge in [-0.3, -0.25) is 4.90 Å². The highest BCUT2D eigenvalue weighted by Gasteiger charge is 2.31. The van der Waals surface area contributed by atoms with Gasteiger partial charge in [0, 0.05) is 38.3 Å². The number of hydrogen-bond donors (Lipinski definition) is 1. The molecule has 3 heteroatoms. The summed E-state index contributed by atoms with van der Waals surface area (Å²) in [7, 11) is 2.25. The van der Waals surface area contributed by atoms with Gasteiger partial charge in [-0.25, -0.2) is 0 Å². The minimum Gasteiger partial charge on any atom is -0.314 e. The average molecular weight is 281 g/mol. The normalized spacial score (nSPS) is 37.2. The summed E-state index contributed by atoms with van der Waals surface area (Å²) < 4.78 is 0. The Bertz CT molecular complexity index is 277. The molecule has 0 aromatic carbocycles. The van der Waals surface area contributed by atoms with Gasteiger partial charge in [-0.15, -0.1) is 0 Å². The van der Waals surface area contributed by atoms with Crippen molar-refractivity contribution in [2.75, 3.05) is 39.8 Å². The van der Waals surface area contributed by atoms with Gasteiger partial charge in [0.2, 0.25) is 0 Å². The van der Waals surface area contributed by atoms with Gasteiger partial charge < -0.3 is 10.2 Å². The number of piperazine rings is 1. The second-order valence-corrected chi connectivity index (χ2v) is 7.35. The van der Waals surface area contributed by atoms with E-state index in [9.17, 15) is 0 Å². The van der Waals surface area contributed by atoms with Crippen molar-refractivity contribution in [1.29, 1.82) is 0 Å². The highest BCUT2D eigenvalue weighted by atomic mass is 15.3. The minimum atomic E-state index is 0.720. The average Bonchev–Trinajstić information content (AvgIpc) is 2.41. The van der Waals surface area contributed by atoms with Crippen molar-refractivity contribution in [1.82, 2.24) is 15.1 Å². The molecule has 1 heterocycles. The lowest BCUT2D eigenvalue weighted by Crippen LogP contribution is -2.54. The summed E-state index contributed by atoms with van der Waals surface area (Å²) in [5.74, 6) is 1.78. The largest absolute Gasteiger partial charge is 0.314 e. The highest BCUT2D eigenvalue weighted by Crippen LogP contribution is 2.30. The lowest BCUT2D eigenvalue weighted by atomic mass is 9.78. The van der Waals surface area contributed by atoms with Gasteiger partial charge in [0.05, 0.1) is 0 Å². The lowest BCUT2D eigenvalue weighted by Gasteiger charge is -2.43. The molecule has 2 aliphatic rings. The maximum Gasteiger partial charge on any atom is 0.0195 e. The van der Waals surface area contributed by atoms with E-state index in [0.29, 0.717) is 0 Å². The Hall–Kier alpha value is -0.120. The predicted octanol–water partition coefficient (Wildman–Crippen LogP) is 2.43. The van der Waals surface area contributed by atoms with Crippen LogP contribution >= 0.6 is 0 Å². The summed E-state index contributed by atoms with van der Waals surface area (Å²) >= 11 is 0. The van der Waals surface area contributed by atoms with E-state index < -0.39 is 0 Å². The molecule has 1 N–H and O–H groups in total. The van der Waals surface area contributed by atoms with E-state index in [-0.39, 0.29) is 0 Å². The molecule has 0 spiro atoms. The van der Waals surface area contributed by atoms with Crippen LogP contribution in [0.2, 0.25) is 0 Å². The van der Waals surface area contributed by atoms with Crippen molar-refractivity contribution in [3.8, 4) is 0 Å². The molecule has 1 aliphatic carbocycles. The Morgan fingerprint density at radius 1 is 1.15 bits per heavy atom. The molecule has 0 aromatic rings. The van der Waals surface area contributed by atoms with Crippen molar-refractivity contribution in [3.05, 3.63) is 0 Å². The third kappa shape index (κ3) is 4.44. The second-order valence-electron chi connectivity index (χ2n) is 7.35. The molecular formula is C17H35N3. The summed E-state index contributed by atoms with van der Waals surface area (Å²) in [6.07, 6.45) is 5.47. The summed E-state index contributed by atoms with van der Waals surface area (Å²) in [5.41, 5.74) is 0.